The van der Waals surface area contributed by atoms with Gasteiger partial charge in [-0.05, 0) is 36.5 Å². The molecule has 0 radical (unpaired) electrons. The smallest absolute Gasteiger partial charge is 0.0459 e. The molecule has 2 aromatic rings. The maximum Gasteiger partial charge on any atom is 0.0459 e. The van der Waals surface area contributed by atoms with E-state index < -0.39 is 0 Å². The fourth-order valence-electron chi connectivity index (χ4n) is 2.34. The molecule has 0 aliphatic rings. The predicted octanol–water partition coefficient (Wildman–Crippen LogP) is 3.32. The van der Waals surface area contributed by atoms with E-state index in [1.54, 1.807) is 0 Å². The fraction of sp³-hybridized carbons (Fsp3) is 0.429. The molecule has 0 unspecified atom stereocenters. The summed E-state index contributed by atoms with van der Waals surface area (Å²) in [6, 6.07) is 6.60. The second kappa shape index (κ2) is 4.30. The Bertz CT molecular complexity index is 484. The lowest BCUT2D eigenvalue weighted by Crippen LogP contribution is -2.25. The van der Waals surface area contributed by atoms with Crippen LogP contribution in [0.5, 0.6) is 0 Å². The van der Waals surface area contributed by atoms with E-state index in [0.29, 0.717) is 5.92 Å². The Hall–Kier alpha value is -1.28. The molecule has 86 valence electrons. The van der Waals surface area contributed by atoms with Crippen molar-refractivity contribution in [3.05, 3.63) is 35.5 Å². The number of nitrogens with two attached hydrogens (primary N) is 1. The zero-order valence-electron chi connectivity index (χ0n) is 10.2. The van der Waals surface area contributed by atoms with E-state index in [4.69, 9.17) is 5.73 Å². The van der Waals surface area contributed by atoms with Crippen molar-refractivity contribution in [2.45, 2.75) is 39.2 Å². The van der Waals surface area contributed by atoms with Gasteiger partial charge in [-0.2, -0.15) is 0 Å². The van der Waals surface area contributed by atoms with Gasteiger partial charge < -0.3 is 10.7 Å². The van der Waals surface area contributed by atoms with Gasteiger partial charge in [0.05, 0.1) is 0 Å². The van der Waals surface area contributed by atoms with Crippen LogP contribution >= 0.6 is 0 Å². The first kappa shape index (κ1) is 11.2. The Balaban J connectivity index is 2.53. The topological polar surface area (TPSA) is 41.8 Å². The quantitative estimate of drug-likeness (QED) is 0.812. The van der Waals surface area contributed by atoms with E-state index in [1.165, 1.54) is 22.0 Å². The van der Waals surface area contributed by atoms with Crippen molar-refractivity contribution in [3.8, 4) is 0 Å². The number of nitrogens with one attached hydrogen (secondary N) is 1. The number of aromatic amines is 1. The Morgan fingerprint density at radius 3 is 2.81 bits per heavy atom. The molecule has 0 spiro atoms. The van der Waals surface area contributed by atoms with Gasteiger partial charge in [-0.15, -0.1) is 0 Å². The molecule has 0 amide bonds. The van der Waals surface area contributed by atoms with Crippen LogP contribution in [0.3, 0.4) is 0 Å². The first-order valence-electron chi connectivity index (χ1n) is 5.97. The molecule has 1 heterocycles. The van der Waals surface area contributed by atoms with E-state index in [2.05, 4.69) is 50.2 Å². The summed E-state index contributed by atoms with van der Waals surface area (Å²) in [5, 5.41) is 1.35. The second-order valence-corrected chi connectivity index (χ2v) is 4.60. The first-order valence-corrected chi connectivity index (χ1v) is 5.97. The first-order chi connectivity index (χ1) is 7.65. The molecule has 0 saturated heterocycles. The van der Waals surface area contributed by atoms with Crippen LogP contribution in [0.1, 0.15) is 37.3 Å². The molecule has 16 heavy (non-hydrogen) atoms. The molecule has 2 atom stereocenters. The molecule has 0 aliphatic carbocycles. The van der Waals surface area contributed by atoms with Crippen molar-refractivity contribution in [2.75, 3.05) is 0 Å². The molecule has 0 bridgehead atoms. The number of aryl methyl sites for hydroxylation is 1. The average Bonchev–Trinajstić information content (AvgIpc) is 2.72. The van der Waals surface area contributed by atoms with Crippen LogP contribution in [-0.2, 0) is 0 Å². The minimum absolute atomic E-state index is 0.235. The highest BCUT2D eigenvalue weighted by Crippen LogP contribution is 2.30. The van der Waals surface area contributed by atoms with E-state index in [0.717, 1.165) is 6.42 Å². The van der Waals surface area contributed by atoms with Gasteiger partial charge in [0, 0.05) is 23.1 Å². The van der Waals surface area contributed by atoms with Crippen molar-refractivity contribution in [3.63, 3.8) is 0 Å². The summed E-state index contributed by atoms with van der Waals surface area (Å²) in [4.78, 5) is 3.33. The minimum atomic E-state index is 0.235. The van der Waals surface area contributed by atoms with Gasteiger partial charge in [-0.25, -0.2) is 0 Å². The van der Waals surface area contributed by atoms with Crippen molar-refractivity contribution in [1.82, 2.24) is 4.98 Å². The SMILES string of the molecule is CC[C@H](N)[C@@H](C)c1c[nH]c2cccc(C)c12. The summed E-state index contributed by atoms with van der Waals surface area (Å²) >= 11 is 0. The van der Waals surface area contributed by atoms with Crippen LogP contribution in [0, 0.1) is 6.92 Å². The van der Waals surface area contributed by atoms with E-state index >= 15 is 0 Å². The lowest BCUT2D eigenvalue weighted by atomic mass is 9.91. The summed E-state index contributed by atoms with van der Waals surface area (Å²) in [6.07, 6.45) is 3.12. The van der Waals surface area contributed by atoms with Crippen LogP contribution in [0.2, 0.25) is 0 Å². The molecule has 2 rings (SSSR count). The van der Waals surface area contributed by atoms with Crippen molar-refractivity contribution in [1.29, 1.82) is 0 Å². The maximum atomic E-state index is 6.13. The maximum absolute atomic E-state index is 6.13. The molecule has 0 aliphatic heterocycles. The normalized spacial score (nSPS) is 15.2. The molecule has 2 heteroatoms. The summed E-state index contributed by atoms with van der Waals surface area (Å²) in [7, 11) is 0. The summed E-state index contributed by atoms with van der Waals surface area (Å²) in [5.41, 5.74) is 10.0. The molecule has 2 nitrogen and oxygen atoms in total. The number of rotatable bonds is 3. The number of benzene rings is 1. The number of H-pyrrole nitrogens is 1. The largest absolute Gasteiger partial charge is 0.361 e. The van der Waals surface area contributed by atoms with E-state index in [9.17, 15) is 0 Å². The molecule has 1 aromatic heterocycles. The van der Waals surface area contributed by atoms with Crippen molar-refractivity contribution < 1.29 is 0 Å². The van der Waals surface area contributed by atoms with Crippen LogP contribution in [0.25, 0.3) is 10.9 Å². The van der Waals surface area contributed by atoms with Gasteiger partial charge in [-0.1, -0.05) is 26.0 Å². The molecule has 0 saturated carbocycles. The Labute approximate surface area is 96.9 Å². The lowest BCUT2D eigenvalue weighted by molar-refractivity contribution is 0.554. The summed E-state index contributed by atoms with van der Waals surface area (Å²) in [5.74, 6) is 0.403. The third-order valence-electron chi connectivity index (χ3n) is 3.55. The van der Waals surface area contributed by atoms with Crippen molar-refractivity contribution in [2.24, 2.45) is 5.73 Å². The predicted molar refractivity (Wildman–Crippen MR) is 69.7 cm³/mol. The van der Waals surface area contributed by atoms with E-state index in [-0.39, 0.29) is 6.04 Å². The fourth-order valence-corrected chi connectivity index (χ4v) is 2.34. The highest BCUT2D eigenvalue weighted by molar-refractivity contribution is 5.87. The molecular weight excluding hydrogens is 196 g/mol. The monoisotopic (exact) mass is 216 g/mol. The highest BCUT2D eigenvalue weighted by Gasteiger charge is 2.17. The molecular formula is C14H20N2. The summed E-state index contributed by atoms with van der Waals surface area (Å²) < 4.78 is 0. The molecule has 1 aromatic carbocycles. The van der Waals surface area contributed by atoms with Gasteiger partial charge in [0.2, 0.25) is 0 Å². The molecule has 0 fully saturated rings. The Morgan fingerprint density at radius 1 is 1.38 bits per heavy atom. The minimum Gasteiger partial charge on any atom is -0.361 e. The van der Waals surface area contributed by atoms with Crippen LogP contribution in [0.15, 0.2) is 24.4 Å². The Kier molecular flexibility index (Phi) is 3.01. The second-order valence-electron chi connectivity index (χ2n) is 4.60. The number of aromatic nitrogens is 1. The van der Waals surface area contributed by atoms with Crippen LogP contribution < -0.4 is 5.73 Å². The average molecular weight is 216 g/mol. The highest BCUT2D eigenvalue weighted by atomic mass is 14.7. The zero-order chi connectivity index (χ0) is 11.7. The summed E-state index contributed by atoms with van der Waals surface area (Å²) in [6.45, 7) is 6.51. The van der Waals surface area contributed by atoms with Gasteiger partial charge in [0.15, 0.2) is 0 Å². The zero-order valence-corrected chi connectivity index (χ0v) is 10.2. The molecule has 3 N–H and O–H groups in total. The van der Waals surface area contributed by atoms with Gasteiger partial charge in [0.1, 0.15) is 0 Å². The van der Waals surface area contributed by atoms with Gasteiger partial charge in [-0.3, -0.25) is 0 Å². The van der Waals surface area contributed by atoms with Crippen LogP contribution in [0.4, 0.5) is 0 Å². The van der Waals surface area contributed by atoms with Gasteiger partial charge in [0.25, 0.3) is 0 Å². The third-order valence-corrected chi connectivity index (χ3v) is 3.55. The van der Waals surface area contributed by atoms with Crippen molar-refractivity contribution >= 4 is 10.9 Å². The van der Waals surface area contributed by atoms with Gasteiger partial charge >= 0.3 is 0 Å². The van der Waals surface area contributed by atoms with E-state index in [1.807, 2.05) is 0 Å². The third kappa shape index (κ3) is 1.74. The number of hydrogen-bond acceptors (Lipinski definition) is 1. The standard InChI is InChI=1S/C14H20N2/c1-4-12(15)10(3)11-8-16-13-7-5-6-9(2)14(11)13/h5-8,10,12,16H,4,15H2,1-3H3/t10-,12-/m0/s1. The lowest BCUT2D eigenvalue weighted by Gasteiger charge is -2.18. The number of hydrogen-bond donors (Lipinski definition) is 2. The van der Waals surface area contributed by atoms with Crippen LogP contribution in [-0.4, -0.2) is 11.0 Å². The number of fused-ring (bicyclic) bond motifs is 1. The Morgan fingerprint density at radius 2 is 2.12 bits per heavy atom.